The number of amides is 1. The second-order valence-electron chi connectivity index (χ2n) is 10.4. The van der Waals surface area contributed by atoms with E-state index < -0.39 is 0 Å². The van der Waals surface area contributed by atoms with Crippen molar-refractivity contribution in [2.24, 2.45) is 5.92 Å². The SMILES string of the molecule is CNC1=C(C(=N)N2CCN(C(=O)[C@H](CNC3(C)CCOCC3)c3ccc(I)cc3)CC2)[C@H](C)CC1. The van der Waals surface area contributed by atoms with E-state index in [-0.39, 0.29) is 17.4 Å². The van der Waals surface area contributed by atoms with E-state index in [0.717, 1.165) is 50.0 Å². The maximum absolute atomic E-state index is 13.8. The summed E-state index contributed by atoms with van der Waals surface area (Å²) in [5, 5.41) is 15.9. The van der Waals surface area contributed by atoms with Gasteiger partial charge in [0.15, 0.2) is 0 Å². The van der Waals surface area contributed by atoms with Crippen LogP contribution in [0.3, 0.4) is 0 Å². The zero-order valence-electron chi connectivity index (χ0n) is 21.3. The summed E-state index contributed by atoms with van der Waals surface area (Å²) in [5.74, 6) is 1.01. The highest BCUT2D eigenvalue weighted by atomic mass is 127. The number of allylic oxidation sites excluding steroid dienone is 1. The van der Waals surface area contributed by atoms with E-state index in [1.165, 1.54) is 9.27 Å². The minimum atomic E-state index is -0.217. The number of piperazine rings is 1. The molecule has 0 saturated carbocycles. The summed E-state index contributed by atoms with van der Waals surface area (Å²) in [5.41, 5.74) is 3.42. The van der Waals surface area contributed by atoms with Crippen molar-refractivity contribution < 1.29 is 9.53 Å². The molecule has 1 aromatic carbocycles. The molecule has 0 aromatic heterocycles. The fourth-order valence-corrected chi connectivity index (χ4v) is 5.86. The first kappa shape index (κ1) is 26.4. The van der Waals surface area contributed by atoms with Gasteiger partial charge in [-0.3, -0.25) is 10.2 Å². The molecule has 3 aliphatic rings. The normalized spacial score (nSPS) is 23.4. The number of halogens is 1. The molecular weight excluding hydrogens is 553 g/mol. The first-order valence-corrected chi connectivity index (χ1v) is 14.0. The van der Waals surface area contributed by atoms with E-state index in [2.05, 4.69) is 76.2 Å². The molecule has 1 aromatic rings. The van der Waals surface area contributed by atoms with Crippen LogP contribution in [0.25, 0.3) is 0 Å². The van der Waals surface area contributed by atoms with Crippen LogP contribution in [0.4, 0.5) is 0 Å². The molecule has 1 amide bonds. The van der Waals surface area contributed by atoms with Crippen LogP contribution in [0, 0.1) is 14.9 Å². The summed E-state index contributed by atoms with van der Waals surface area (Å²) in [6, 6.07) is 8.36. The summed E-state index contributed by atoms with van der Waals surface area (Å²) in [6.45, 7) is 9.35. The molecule has 192 valence electrons. The lowest BCUT2D eigenvalue weighted by atomic mass is 9.90. The van der Waals surface area contributed by atoms with Gasteiger partial charge in [0.2, 0.25) is 5.91 Å². The van der Waals surface area contributed by atoms with Crippen LogP contribution in [-0.2, 0) is 9.53 Å². The second-order valence-corrected chi connectivity index (χ2v) is 11.6. The molecule has 2 atom stereocenters. The van der Waals surface area contributed by atoms with Crippen molar-refractivity contribution in [3.63, 3.8) is 0 Å². The fourth-order valence-electron chi connectivity index (χ4n) is 5.50. The van der Waals surface area contributed by atoms with Gasteiger partial charge >= 0.3 is 0 Å². The van der Waals surface area contributed by atoms with Gasteiger partial charge in [-0.05, 0) is 78.8 Å². The third-order valence-corrected chi connectivity index (χ3v) is 8.73. The number of hydrogen-bond donors (Lipinski definition) is 3. The smallest absolute Gasteiger partial charge is 0.231 e. The van der Waals surface area contributed by atoms with Crippen molar-refractivity contribution >= 4 is 34.3 Å². The lowest BCUT2D eigenvalue weighted by molar-refractivity contribution is -0.134. The Hall–Kier alpha value is -1.65. The summed E-state index contributed by atoms with van der Waals surface area (Å²) >= 11 is 2.31. The molecule has 4 rings (SSSR count). The number of carbonyl (C=O) groups is 1. The van der Waals surface area contributed by atoms with Gasteiger partial charge in [-0.15, -0.1) is 0 Å². The molecule has 2 saturated heterocycles. The largest absolute Gasteiger partial charge is 0.391 e. The molecule has 0 unspecified atom stereocenters. The average molecular weight is 594 g/mol. The van der Waals surface area contributed by atoms with Gasteiger partial charge < -0.3 is 25.2 Å². The minimum Gasteiger partial charge on any atom is -0.391 e. The molecule has 2 heterocycles. The third kappa shape index (κ3) is 6.20. The molecular formula is C27H40IN5O2. The predicted octanol–water partition coefficient (Wildman–Crippen LogP) is 3.56. The first-order chi connectivity index (χ1) is 16.8. The van der Waals surface area contributed by atoms with Crippen LogP contribution in [0.5, 0.6) is 0 Å². The maximum atomic E-state index is 13.8. The van der Waals surface area contributed by atoms with Gasteiger partial charge in [-0.2, -0.15) is 0 Å². The Morgan fingerprint density at radius 2 is 1.80 bits per heavy atom. The van der Waals surface area contributed by atoms with Crippen LogP contribution < -0.4 is 10.6 Å². The molecule has 0 radical (unpaired) electrons. The Bertz CT molecular complexity index is 933. The number of amidine groups is 1. The molecule has 35 heavy (non-hydrogen) atoms. The van der Waals surface area contributed by atoms with Crippen molar-refractivity contribution in [3.05, 3.63) is 44.7 Å². The van der Waals surface area contributed by atoms with E-state index in [9.17, 15) is 4.79 Å². The zero-order valence-corrected chi connectivity index (χ0v) is 23.5. The number of ether oxygens (including phenoxy) is 1. The summed E-state index contributed by atoms with van der Waals surface area (Å²) in [6.07, 6.45) is 4.04. The predicted molar refractivity (Wildman–Crippen MR) is 149 cm³/mol. The summed E-state index contributed by atoms with van der Waals surface area (Å²) in [7, 11) is 1.96. The monoisotopic (exact) mass is 593 g/mol. The lowest BCUT2D eigenvalue weighted by Crippen LogP contribution is -2.54. The number of carbonyl (C=O) groups excluding carboxylic acids is 1. The Balaban J connectivity index is 1.43. The average Bonchev–Trinajstić information content (AvgIpc) is 3.25. The number of nitrogens with zero attached hydrogens (tertiary/aromatic N) is 2. The van der Waals surface area contributed by atoms with Gasteiger partial charge in [0.25, 0.3) is 0 Å². The molecule has 0 spiro atoms. The van der Waals surface area contributed by atoms with Gasteiger partial charge in [0.1, 0.15) is 5.84 Å². The molecule has 0 bridgehead atoms. The minimum absolute atomic E-state index is 0.00444. The molecule has 1 aliphatic carbocycles. The number of rotatable bonds is 7. The highest BCUT2D eigenvalue weighted by molar-refractivity contribution is 14.1. The van der Waals surface area contributed by atoms with Crippen molar-refractivity contribution in [3.8, 4) is 0 Å². The van der Waals surface area contributed by atoms with Crippen molar-refractivity contribution in [2.75, 3.05) is 53.0 Å². The number of benzene rings is 1. The Labute approximate surface area is 223 Å². The Morgan fingerprint density at radius 3 is 2.43 bits per heavy atom. The van der Waals surface area contributed by atoms with Gasteiger partial charge in [0.05, 0.1) is 5.92 Å². The number of nitrogens with one attached hydrogen (secondary N) is 3. The standard InChI is InChI=1S/C27H40IN5O2/c1-19-4-9-23(30-3)24(19)25(29)32-12-14-33(15-13-32)26(34)22(20-5-7-21(28)8-6-20)18-31-27(2)10-16-35-17-11-27/h5-8,19,22,29-31H,4,9-18H2,1-3H3/t19-,22-/m1/s1. The van der Waals surface area contributed by atoms with E-state index in [1.807, 2.05) is 11.9 Å². The summed E-state index contributed by atoms with van der Waals surface area (Å²) in [4.78, 5) is 18.0. The third-order valence-electron chi connectivity index (χ3n) is 8.01. The van der Waals surface area contributed by atoms with E-state index >= 15 is 0 Å². The molecule has 7 nitrogen and oxygen atoms in total. The van der Waals surface area contributed by atoms with Crippen LogP contribution in [0.2, 0.25) is 0 Å². The van der Waals surface area contributed by atoms with E-state index in [1.54, 1.807) is 0 Å². The highest BCUT2D eigenvalue weighted by Gasteiger charge is 2.34. The molecule has 2 aliphatic heterocycles. The highest BCUT2D eigenvalue weighted by Crippen LogP contribution is 2.32. The fraction of sp³-hybridized carbons (Fsp3) is 0.630. The van der Waals surface area contributed by atoms with E-state index in [0.29, 0.717) is 44.5 Å². The van der Waals surface area contributed by atoms with E-state index in [4.69, 9.17) is 10.1 Å². The molecule has 3 N–H and O–H groups in total. The Kier molecular flexibility index (Phi) is 8.76. The first-order valence-electron chi connectivity index (χ1n) is 12.9. The van der Waals surface area contributed by atoms with Crippen molar-refractivity contribution in [1.29, 1.82) is 5.41 Å². The van der Waals surface area contributed by atoms with Crippen LogP contribution in [0.1, 0.15) is 51.0 Å². The van der Waals surface area contributed by atoms with Crippen LogP contribution in [-0.4, -0.2) is 80.1 Å². The lowest BCUT2D eigenvalue weighted by Gasteiger charge is -2.40. The van der Waals surface area contributed by atoms with Crippen LogP contribution in [0.15, 0.2) is 35.5 Å². The van der Waals surface area contributed by atoms with Gasteiger partial charge in [-0.1, -0.05) is 19.1 Å². The second kappa shape index (κ2) is 11.6. The quantitative estimate of drug-likeness (QED) is 0.256. The molecule has 8 heteroatoms. The van der Waals surface area contributed by atoms with Crippen molar-refractivity contribution in [1.82, 2.24) is 20.4 Å². The van der Waals surface area contributed by atoms with Gasteiger partial charge in [-0.25, -0.2) is 0 Å². The summed E-state index contributed by atoms with van der Waals surface area (Å²) < 4.78 is 6.73. The number of hydrogen-bond acceptors (Lipinski definition) is 5. The van der Waals surface area contributed by atoms with Crippen LogP contribution >= 0.6 is 22.6 Å². The topological polar surface area (TPSA) is 80.7 Å². The van der Waals surface area contributed by atoms with Crippen molar-refractivity contribution in [2.45, 2.75) is 51.0 Å². The zero-order chi connectivity index (χ0) is 25.0. The molecule has 2 fully saturated rings. The Morgan fingerprint density at radius 1 is 1.17 bits per heavy atom. The van der Waals surface area contributed by atoms with Gasteiger partial charge in [0, 0.05) is 73.4 Å². The maximum Gasteiger partial charge on any atom is 0.231 e.